The zero-order valence-electron chi connectivity index (χ0n) is 14.8. The van der Waals surface area contributed by atoms with Crippen molar-refractivity contribution in [1.29, 1.82) is 0 Å². The molecule has 2 aliphatic heterocycles. The van der Waals surface area contributed by atoms with Gasteiger partial charge in [-0.15, -0.1) is 0 Å². The fraction of sp³-hybridized carbons (Fsp3) is 0.667. The molecule has 0 bridgehead atoms. The first-order valence-corrected chi connectivity index (χ1v) is 8.93. The lowest BCUT2D eigenvalue weighted by molar-refractivity contribution is -0.125. The number of anilines is 1. The molecule has 1 aromatic heterocycles. The monoisotopic (exact) mass is 331 g/mol. The number of carbonyl (C=O) groups is 1. The van der Waals surface area contributed by atoms with Crippen molar-refractivity contribution in [2.24, 2.45) is 5.41 Å². The third kappa shape index (κ3) is 4.05. The summed E-state index contributed by atoms with van der Waals surface area (Å²) < 4.78 is 0. The fourth-order valence-electron chi connectivity index (χ4n) is 4.01. The quantitative estimate of drug-likeness (QED) is 0.702. The lowest BCUT2D eigenvalue weighted by Gasteiger charge is -2.33. The van der Waals surface area contributed by atoms with Crippen molar-refractivity contribution >= 4 is 11.7 Å². The molecule has 1 spiro atoms. The number of aromatic nitrogens is 1. The van der Waals surface area contributed by atoms with Crippen molar-refractivity contribution in [3.05, 3.63) is 23.9 Å². The number of hydrogen-bond donors (Lipinski definition) is 3. The van der Waals surface area contributed by atoms with E-state index < -0.39 is 0 Å². The van der Waals surface area contributed by atoms with Gasteiger partial charge in [0.15, 0.2) is 0 Å². The second-order valence-electron chi connectivity index (χ2n) is 7.32. The Morgan fingerprint density at radius 1 is 1.42 bits per heavy atom. The van der Waals surface area contributed by atoms with Crippen LogP contribution < -0.4 is 16.0 Å². The van der Waals surface area contributed by atoms with Crippen LogP contribution in [-0.2, 0) is 4.79 Å². The normalized spacial score (nSPS) is 23.3. The highest BCUT2D eigenvalue weighted by Crippen LogP contribution is 2.41. The summed E-state index contributed by atoms with van der Waals surface area (Å²) in [5.41, 5.74) is 1.52. The Balaban J connectivity index is 1.43. The highest BCUT2D eigenvalue weighted by molar-refractivity contribution is 5.82. The number of carbonyl (C=O) groups excluding carboxylic acids is 1. The molecule has 1 amide bonds. The highest BCUT2D eigenvalue weighted by atomic mass is 16.2. The second-order valence-corrected chi connectivity index (χ2v) is 7.32. The Labute approximate surface area is 144 Å². The molecule has 2 saturated heterocycles. The summed E-state index contributed by atoms with van der Waals surface area (Å²) in [6, 6.07) is 3.99. The molecule has 2 aliphatic rings. The summed E-state index contributed by atoms with van der Waals surface area (Å²) in [5, 5.41) is 9.75. The van der Waals surface area contributed by atoms with Crippen molar-refractivity contribution < 1.29 is 4.79 Å². The number of likely N-dealkylation sites (N-methyl/N-ethyl adjacent to an activating group) is 1. The van der Waals surface area contributed by atoms with E-state index >= 15 is 0 Å². The van der Waals surface area contributed by atoms with Crippen LogP contribution in [0, 0.1) is 12.3 Å². The van der Waals surface area contributed by atoms with Crippen LogP contribution >= 0.6 is 0 Å². The Morgan fingerprint density at radius 3 is 2.96 bits per heavy atom. The van der Waals surface area contributed by atoms with E-state index in [2.05, 4.69) is 32.9 Å². The first-order chi connectivity index (χ1) is 11.6. The average Bonchev–Trinajstić information content (AvgIpc) is 2.88. The van der Waals surface area contributed by atoms with Crippen molar-refractivity contribution in [3.8, 4) is 0 Å². The zero-order valence-corrected chi connectivity index (χ0v) is 14.8. The molecular formula is C18H29N5O. The SMILES string of the molecule is Cc1ccnc(NCCNC(=O)[C@@H]2CC3(CCNCC3)CN2C)c1. The molecule has 3 heterocycles. The first-order valence-electron chi connectivity index (χ1n) is 8.93. The number of amides is 1. The van der Waals surface area contributed by atoms with Gasteiger partial charge in [0, 0.05) is 25.8 Å². The predicted octanol–water partition coefficient (Wildman–Crippen LogP) is 0.992. The number of nitrogens with zero attached hydrogens (tertiary/aromatic N) is 2. The molecular weight excluding hydrogens is 302 g/mol. The minimum absolute atomic E-state index is 0.0141. The summed E-state index contributed by atoms with van der Waals surface area (Å²) in [4.78, 5) is 19.0. The molecule has 132 valence electrons. The average molecular weight is 331 g/mol. The molecule has 6 heteroatoms. The van der Waals surface area contributed by atoms with Crippen molar-refractivity contribution in [2.45, 2.75) is 32.2 Å². The smallest absolute Gasteiger partial charge is 0.237 e. The van der Waals surface area contributed by atoms with E-state index in [1.165, 1.54) is 18.4 Å². The van der Waals surface area contributed by atoms with E-state index in [0.29, 0.717) is 18.5 Å². The number of aryl methyl sites for hydroxylation is 1. The Kier molecular flexibility index (Phi) is 5.36. The number of rotatable bonds is 5. The summed E-state index contributed by atoms with van der Waals surface area (Å²) in [6.45, 7) is 6.55. The van der Waals surface area contributed by atoms with Gasteiger partial charge in [0.2, 0.25) is 5.91 Å². The lowest BCUT2D eigenvalue weighted by Crippen LogP contribution is -2.42. The molecule has 24 heavy (non-hydrogen) atoms. The Morgan fingerprint density at radius 2 is 2.21 bits per heavy atom. The maximum atomic E-state index is 12.5. The van der Waals surface area contributed by atoms with E-state index in [1.54, 1.807) is 6.20 Å². The minimum atomic E-state index is 0.0141. The number of nitrogens with one attached hydrogen (secondary N) is 3. The van der Waals surface area contributed by atoms with Gasteiger partial charge in [0.25, 0.3) is 0 Å². The summed E-state index contributed by atoms with van der Waals surface area (Å²) in [5.74, 6) is 1.02. The molecule has 0 radical (unpaired) electrons. The van der Waals surface area contributed by atoms with Crippen molar-refractivity contribution in [1.82, 2.24) is 20.5 Å². The van der Waals surface area contributed by atoms with Gasteiger partial charge in [-0.25, -0.2) is 4.98 Å². The highest BCUT2D eigenvalue weighted by Gasteiger charge is 2.45. The topological polar surface area (TPSA) is 69.3 Å². The van der Waals surface area contributed by atoms with Gasteiger partial charge in [0.05, 0.1) is 6.04 Å². The van der Waals surface area contributed by atoms with E-state index in [-0.39, 0.29) is 11.9 Å². The van der Waals surface area contributed by atoms with Gasteiger partial charge in [-0.2, -0.15) is 0 Å². The van der Waals surface area contributed by atoms with Gasteiger partial charge in [0.1, 0.15) is 5.82 Å². The second kappa shape index (κ2) is 7.49. The molecule has 0 aliphatic carbocycles. The summed E-state index contributed by atoms with van der Waals surface area (Å²) in [7, 11) is 2.08. The van der Waals surface area contributed by atoms with Crippen LogP contribution in [0.5, 0.6) is 0 Å². The molecule has 6 nitrogen and oxygen atoms in total. The summed E-state index contributed by atoms with van der Waals surface area (Å²) >= 11 is 0. The van der Waals surface area contributed by atoms with E-state index in [4.69, 9.17) is 0 Å². The van der Waals surface area contributed by atoms with Gasteiger partial charge in [-0.3, -0.25) is 9.69 Å². The first kappa shape index (κ1) is 17.2. The molecule has 0 aromatic carbocycles. The van der Waals surface area contributed by atoms with Crippen molar-refractivity contribution in [3.63, 3.8) is 0 Å². The maximum absolute atomic E-state index is 12.5. The maximum Gasteiger partial charge on any atom is 0.237 e. The molecule has 2 fully saturated rings. The van der Waals surface area contributed by atoms with Crippen LogP contribution in [0.1, 0.15) is 24.8 Å². The molecule has 1 atom stereocenters. The minimum Gasteiger partial charge on any atom is -0.368 e. The van der Waals surface area contributed by atoms with Crippen molar-refractivity contribution in [2.75, 3.05) is 45.1 Å². The van der Waals surface area contributed by atoms with E-state index in [0.717, 1.165) is 31.9 Å². The van der Waals surface area contributed by atoms with E-state index in [1.807, 2.05) is 19.1 Å². The van der Waals surface area contributed by atoms with Gasteiger partial charge < -0.3 is 16.0 Å². The van der Waals surface area contributed by atoms with Gasteiger partial charge >= 0.3 is 0 Å². The third-order valence-electron chi connectivity index (χ3n) is 5.36. The molecule has 0 saturated carbocycles. The van der Waals surface area contributed by atoms with Crippen LogP contribution in [0.3, 0.4) is 0 Å². The number of hydrogen-bond acceptors (Lipinski definition) is 5. The molecule has 3 N–H and O–H groups in total. The number of pyridine rings is 1. The predicted molar refractivity (Wildman–Crippen MR) is 96.0 cm³/mol. The van der Waals surface area contributed by atoms with E-state index in [9.17, 15) is 4.79 Å². The van der Waals surface area contributed by atoms with Gasteiger partial charge in [-0.05, 0) is 69.4 Å². The number of piperidine rings is 1. The third-order valence-corrected chi connectivity index (χ3v) is 5.36. The van der Waals surface area contributed by atoms with Crippen LogP contribution in [0.25, 0.3) is 0 Å². The standard InChI is InChI=1S/C18H29N5O/c1-14-3-6-20-16(11-14)21-9-10-22-17(24)15-12-18(13-23(15)2)4-7-19-8-5-18/h3,6,11,15,19H,4-5,7-10,12-13H2,1-2H3,(H,20,21)(H,22,24)/t15-/m0/s1. The Bertz CT molecular complexity index is 570. The van der Waals surface area contributed by atoms with Crippen LogP contribution in [0.4, 0.5) is 5.82 Å². The van der Waals surface area contributed by atoms with Crippen LogP contribution in [-0.4, -0.2) is 61.6 Å². The zero-order chi connectivity index (χ0) is 17.0. The fourth-order valence-corrected chi connectivity index (χ4v) is 4.01. The van der Waals surface area contributed by atoms with Crippen LogP contribution in [0.2, 0.25) is 0 Å². The molecule has 3 rings (SSSR count). The largest absolute Gasteiger partial charge is 0.368 e. The summed E-state index contributed by atoms with van der Waals surface area (Å²) in [6.07, 6.45) is 5.15. The van der Waals surface area contributed by atoms with Crippen LogP contribution in [0.15, 0.2) is 18.3 Å². The molecule has 0 unspecified atom stereocenters. The van der Waals surface area contributed by atoms with Gasteiger partial charge in [-0.1, -0.05) is 0 Å². The number of likely N-dealkylation sites (tertiary alicyclic amines) is 1. The Hall–Kier alpha value is -1.66. The molecule has 1 aromatic rings. The lowest BCUT2D eigenvalue weighted by atomic mass is 9.77.